The van der Waals surface area contributed by atoms with Crippen molar-refractivity contribution in [2.75, 3.05) is 0 Å². The third-order valence-electron chi connectivity index (χ3n) is 3.29. The van der Waals surface area contributed by atoms with E-state index in [4.69, 9.17) is 11.6 Å². The van der Waals surface area contributed by atoms with Crippen molar-refractivity contribution >= 4 is 17.4 Å². The van der Waals surface area contributed by atoms with Crippen molar-refractivity contribution in [2.24, 2.45) is 0 Å². The molecule has 21 heavy (non-hydrogen) atoms. The van der Waals surface area contributed by atoms with Gasteiger partial charge in [0.25, 0.3) is 0 Å². The van der Waals surface area contributed by atoms with Crippen LogP contribution < -0.4 is 0 Å². The minimum absolute atomic E-state index is 0.00566. The molecular formula is C17H13ClN2O. The van der Waals surface area contributed by atoms with Crippen LogP contribution in [0, 0.1) is 0 Å². The fraction of sp³-hybridized carbons (Fsp3) is 0.0588. The molecule has 0 saturated heterocycles. The molecule has 0 aliphatic carbocycles. The summed E-state index contributed by atoms with van der Waals surface area (Å²) in [5.74, 6) is -0.00566. The Morgan fingerprint density at radius 2 is 1.86 bits per heavy atom. The lowest BCUT2D eigenvalue weighted by atomic mass is 10.1. The Morgan fingerprint density at radius 3 is 2.52 bits per heavy atom. The van der Waals surface area contributed by atoms with E-state index >= 15 is 0 Å². The van der Waals surface area contributed by atoms with E-state index in [-0.39, 0.29) is 5.78 Å². The average molecular weight is 297 g/mol. The third kappa shape index (κ3) is 2.73. The number of nitrogens with zero attached hydrogens (tertiary/aromatic N) is 2. The van der Waals surface area contributed by atoms with Gasteiger partial charge in [0.2, 0.25) is 0 Å². The number of hydrogen-bond donors (Lipinski definition) is 0. The fourth-order valence-electron chi connectivity index (χ4n) is 2.15. The molecule has 0 amide bonds. The number of aromatic nitrogens is 2. The van der Waals surface area contributed by atoms with E-state index in [1.54, 1.807) is 29.1 Å². The highest BCUT2D eigenvalue weighted by molar-refractivity contribution is 6.32. The minimum atomic E-state index is -0.00566. The molecule has 0 aliphatic heterocycles. The van der Waals surface area contributed by atoms with E-state index in [9.17, 15) is 4.79 Å². The van der Waals surface area contributed by atoms with Crippen LogP contribution in [0.25, 0.3) is 16.8 Å². The number of benzene rings is 2. The Hall–Kier alpha value is -2.39. The lowest BCUT2D eigenvalue weighted by Gasteiger charge is -2.05. The Morgan fingerprint density at radius 1 is 1.10 bits per heavy atom. The van der Waals surface area contributed by atoms with E-state index in [1.165, 1.54) is 6.92 Å². The number of hydrogen-bond acceptors (Lipinski definition) is 2. The van der Waals surface area contributed by atoms with Crippen LogP contribution in [0.3, 0.4) is 0 Å². The number of rotatable bonds is 3. The standard InChI is InChI=1S/C17H13ClN2O/c1-12(21)14-7-8-17(16(18)9-14)20-11-15(10-19-20)13-5-3-2-4-6-13/h2-11H,1H3. The van der Waals surface area contributed by atoms with E-state index in [0.717, 1.165) is 16.8 Å². The molecule has 3 aromatic rings. The van der Waals surface area contributed by atoms with Gasteiger partial charge >= 0.3 is 0 Å². The van der Waals surface area contributed by atoms with Crippen LogP contribution in [-0.2, 0) is 0 Å². The number of carbonyl (C=O) groups is 1. The average Bonchev–Trinajstić information content (AvgIpc) is 2.97. The van der Waals surface area contributed by atoms with E-state index in [1.807, 2.05) is 36.5 Å². The molecule has 4 heteroatoms. The lowest BCUT2D eigenvalue weighted by molar-refractivity contribution is 0.101. The van der Waals surface area contributed by atoms with Crippen LogP contribution in [0.2, 0.25) is 5.02 Å². The van der Waals surface area contributed by atoms with Gasteiger partial charge in [-0.15, -0.1) is 0 Å². The monoisotopic (exact) mass is 296 g/mol. The maximum absolute atomic E-state index is 11.4. The summed E-state index contributed by atoms with van der Waals surface area (Å²) in [6.07, 6.45) is 3.72. The third-order valence-corrected chi connectivity index (χ3v) is 3.59. The maximum atomic E-state index is 11.4. The van der Waals surface area contributed by atoms with Gasteiger partial charge in [-0.05, 0) is 30.7 Å². The highest BCUT2D eigenvalue weighted by atomic mass is 35.5. The van der Waals surface area contributed by atoms with Crippen LogP contribution in [0.5, 0.6) is 0 Å². The lowest BCUT2D eigenvalue weighted by Crippen LogP contribution is -1.98. The second-order valence-electron chi connectivity index (χ2n) is 4.76. The molecule has 104 valence electrons. The first-order valence-corrected chi connectivity index (χ1v) is 6.94. The molecule has 0 spiro atoms. The molecule has 1 heterocycles. The summed E-state index contributed by atoms with van der Waals surface area (Å²) < 4.78 is 1.72. The van der Waals surface area contributed by atoms with E-state index < -0.39 is 0 Å². The molecule has 0 atom stereocenters. The summed E-state index contributed by atoms with van der Waals surface area (Å²) in [7, 11) is 0. The Bertz CT molecular complexity index is 794. The fourth-order valence-corrected chi connectivity index (χ4v) is 2.41. The zero-order chi connectivity index (χ0) is 14.8. The van der Waals surface area contributed by atoms with Crippen molar-refractivity contribution in [3.05, 3.63) is 71.5 Å². The summed E-state index contributed by atoms with van der Waals surface area (Å²) in [6, 6.07) is 15.2. The Kier molecular flexibility index (Phi) is 3.59. The van der Waals surface area contributed by atoms with E-state index in [0.29, 0.717) is 10.6 Å². The molecule has 2 aromatic carbocycles. The van der Waals surface area contributed by atoms with Gasteiger partial charge in [-0.3, -0.25) is 4.79 Å². The zero-order valence-electron chi connectivity index (χ0n) is 11.5. The first-order chi connectivity index (χ1) is 10.1. The summed E-state index contributed by atoms with van der Waals surface area (Å²) in [4.78, 5) is 11.4. The van der Waals surface area contributed by atoms with Crippen molar-refractivity contribution in [1.29, 1.82) is 0 Å². The van der Waals surface area contributed by atoms with Crippen LogP contribution in [0.4, 0.5) is 0 Å². The SMILES string of the molecule is CC(=O)c1ccc(-n2cc(-c3ccccc3)cn2)c(Cl)c1. The van der Waals surface area contributed by atoms with Gasteiger partial charge < -0.3 is 0 Å². The number of Topliss-reactive ketones (excluding diaryl/α,β-unsaturated/α-hetero) is 1. The van der Waals surface area contributed by atoms with E-state index in [2.05, 4.69) is 5.10 Å². The van der Waals surface area contributed by atoms with Crippen molar-refractivity contribution in [1.82, 2.24) is 9.78 Å². The highest BCUT2D eigenvalue weighted by Gasteiger charge is 2.09. The summed E-state index contributed by atoms with van der Waals surface area (Å²) >= 11 is 6.25. The molecular weight excluding hydrogens is 284 g/mol. The van der Waals surface area contributed by atoms with Crippen LogP contribution in [0.1, 0.15) is 17.3 Å². The maximum Gasteiger partial charge on any atom is 0.159 e. The van der Waals surface area contributed by atoms with Gasteiger partial charge in [-0.1, -0.05) is 41.9 Å². The summed E-state index contributed by atoms with van der Waals surface area (Å²) in [6.45, 7) is 1.52. The first-order valence-electron chi connectivity index (χ1n) is 6.56. The van der Waals surface area contributed by atoms with Gasteiger partial charge in [0.15, 0.2) is 5.78 Å². The molecule has 0 unspecified atom stereocenters. The topological polar surface area (TPSA) is 34.9 Å². The van der Waals surface area contributed by atoms with Crippen LogP contribution in [-0.4, -0.2) is 15.6 Å². The van der Waals surface area contributed by atoms with Crippen molar-refractivity contribution in [3.63, 3.8) is 0 Å². The molecule has 0 fully saturated rings. The van der Waals surface area contributed by atoms with Crippen LogP contribution in [0.15, 0.2) is 60.9 Å². The van der Waals surface area contributed by atoms with Gasteiger partial charge in [-0.25, -0.2) is 4.68 Å². The predicted molar refractivity (Wildman–Crippen MR) is 84.0 cm³/mol. The molecule has 0 aliphatic rings. The molecule has 3 rings (SSSR count). The molecule has 0 bridgehead atoms. The molecule has 0 radical (unpaired) electrons. The smallest absolute Gasteiger partial charge is 0.159 e. The summed E-state index contributed by atoms with van der Waals surface area (Å²) in [5, 5.41) is 4.85. The van der Waals surface area contributed by atoms with Gasteiger partial charge in [-0.2, -0.15) is 5.10 Å². The molecule has 0 N–H and O–H groups in total. The van der Waals surface area contributed by atoms with Gasteiger partial charge in [0.05, 0.1) is 16.9 Å². The molecule has 0 saturated carbocycles. The molecule has 3 nitrogen and oxygen atoms in total. The normalized spacial score (nSPS) is 10.6. The summed E-state index contributed by atoms with van der Waals surface area (Å²) in [5.41, 5.74) is 3.46. The number of halogens is 1. The van der Waals surface area contributed by atoms with Crippen molar-refractivity contribution in [2.45, 2.75) is 6.92 Å². The largest absolute Gasteiger partial charge is 0.295 e. The Balaban J connectivity index is 1.99. The Labute approximate surface area is 127 Å². The van der Waals surface area contributed by atoms with Crippen molar-refractivity contribution in [3.8, 4) is 16.8 Å². The highest BCUT2D eigenvalue weighted by Crippen LogP contribution is 2.24. The number of carbonyl (C=O) groups excluding carboxylic acids is 1. The minimum Gasteiger partial charge on any atom is -0.295 e. The van der Waals surface area contributed by atoms with Gasteiger partial charge in [0, 0.05) is 17.3 Å². The number of ketones is 1. The quantitative estimate of drug-likeness (QED) is 0.672. The van der Waals surface area contributed by atoms with Gasteiger partial charge in [0.1, 0.15) is 0 Å². The molecule has 1 aromatic heterocycles. The second kappa shape index (κ2) is 5.54. The zero-order valence-corrected chi connectivity index (χ0v) is 12.2. The predicted octanol–water partition coefficient (Wildman–Crippen LogP) is 4.40. The second-order valence-corrected chi connectivity index (χ2v) is 5.17. The first kappa shape index (κ1) is 13.6. The van der Waals surface area contributed by atoms with Crippen molar-refractivity contribution < 1.29 is 4.79 Å². The van der Waals surface area contributed by atoms with Crippen LogP contribution >= 0.6 is 11.6 Å².